The molecular weight excluding hydrogens is 227 g/mol. The summed E-state index contributed by atoms with van der Waals surface area (Å²) < 4.78 is -0.725. The first kappa shape index (κ1) is 12.1. The third-order valence-corrected chi connectivity index (χ3v) is 3.16. The molecule has 0 aliphatic rings. The van der Waals surface area contributed by atoms with E-state index in [0.29, 0.717) is 6.29 Å². The Hall–Kier alpha value is 0.0684. The van der Waals surface area contributed by atoms with Crippen LogP contribution in [-0.2, 0) is 4.79 Å². The van der Waals surface area contributed by atoms with Gasteiger partial charge in [-0.25, -0.2) is 0 Å². The van der Waals surface area contributed by atoms with Gasteiger partial charge in [-0.1, -0.05) is 0 Å². The normalized spacial score (nSPS) is 21.1. The van der Waals surface area contributed by atoms with Crippen molar-refractivity contribution in [2.24, 2.45) is 0 Å². The second kappa shape index (κ2) is 5.67. The zero-order valence-corrected chi connectivity index (χ0v) is 8.79. The number of carbonyl (C=O) groups excluding carboxylic acids is 1. The third-order valence-electron chi connectivity index (χ3n) is 1.51. The van der Waals surface area contributed by atoms with Crippen molar-refractivity contribution in [1.29, 1.82) is 0 Å². The van der Waals surface area contributed by atoms with Crippen molar-refractivity contribution in [1.82, 2.24) is 0 Å². The van der Waals surface area contributed by atoms with E-state index in [4.69, 9.17) is 15.3 Å². The van der Waals surface area contributed by atoms with Crippen LogP contribution in [0.25, 0.3) is 0 Å². The molecule has 0 rings (SSSR count). The molecule has 0 aromatic heterocycles. The van der Waals surface area contributed by atoms with E-state index in [2.05, 4.69) is 0 Å². The number of aliphatic hydroxyl groups excluding tert-OH is 4. The van der Waals surface area contributed by atoms with Gasteiger partial charge in [-0.15, -0.1) is 0 Å². The first-order chi connectivity index (χ1) is 5.54. The van der Waals surface area contributed by atoms with Crippen LogP contribution >= 0.6 is 0 Å². The molecule has 5 nitrogen and oxygen atoms in total. The first-order valence-corrected chi connectivity index (χ1v) is 4.80. The fraction of sp³-hybridized carbons (Fsp3) is 0.833. The van der Waals surface area contributed by atoms with Crippen molar-refractivity contribution in [3.8, 4) is 0 Å². The van der Waals surface area contributed by atoms with Gasteiger partial charge in [0.2, 0.25) is 0 Å². The average Bonchev–Trinajstić information content (AvgIpc) is 2.12. The standard InChI is InChI=1S/C6H13AsO5/c7-5(3(10)1-8)6(12)4(11)2-9/h1,3-6,9-12H,2,7H2/t3-,4+,5-,6-/m0/s1. The van der Waals surface area contributed by atoms with Gasteiger partial charge in [0.25, 0.3) is 0 Å². The predicted octanol–water partition coefficient (Wildman–Crippen LogP) is -3.32. The van der Waals surface area contributed by atoms with Crippen LogP contribution in [0.1, 0.15) is 0 Å². The molecule has 0 fully saturated rings. The molecule has 0 aliphatic carbocycles. The number of hydrogen-bond donors (Lipinski definition) is 4. The van der Waals surface area contributed by atoms with Crippen LogP contribution in [0.4, 0.5) is 0 Å². The van der Waals surface area contributed by atoms with Gasteiger partial charge in [0.05, 0.1) is 0 Å². The fourth-order valence-electron chi connectivity index (χ4n) is 0.657. The monoisotopic (exact) mass is 240 g/mol. The molecule has 0 aromatic carbocycles. The van der Waals surface area contributed by atoms with Crippen molar-refractivity contribution in [3.63, 3.8) is 0 Å². The zero-order chi connectivity index (χ0) is 9.72. The summed E-state index contributed by atoms with van der Waals surface area (Å²) >= 11 is 0.938. The summed E-state index contributed by atoms with van der Waals surface area (Å²) in [6, 6.07) is 0. The van der Waals surface area contributed by atoms with Gasteiger partial charge in [-0.2, -0.15) is 0 Å². The quantitative estimate of drug-likeness (QED) is 0.298. The van der Waals surface area contributed by atoms with Crippen LogP contribution in [0.15, 0.2) is 0 Å². The molecule has 0 heterocycles. The van der Waals surface area contributed by atoms with E-state index in [1.165, 1.54) is 0 Å². The van der Waals surface area contributed by atoms with E-state index in [9.17, 15) is 9.90 Å². The summed E-state index contributed by atoms with van der Waals surface area (Å²) in [5.41, 5.74) is 0. The molecule has 4 N–H and O–H groups in total. The van der Waals surface area contributed by atoms with Crippen molar-refractivity contribution in [2.75, 3.05) is 6.61 Å². The van der Waals surface area contributed by atoms with Crippen LogP contribution in [0.3, 0.4) is 0 Å². The van der Waals surface area contributed by atoms with Crippen LogP contribution in [0.5, 0.6) is 0 Å². The second-order valence-electron chi connectivity index (χ2n) is 2.44. The van der Waals surface area contributed by atoms with Crippen molar-refractivity contribution >= 4 is 23.1 Å². The number of aldehydes is 1. The topological polar surface area (TPSA) is 98.0 Å². The summed E-state index contributed by atoms with van der Waals surface area (Å²) in [7, 11) is 0. The van der Waals surface area contributed by atoms with Gasteiger partial charge in [0, 0.05) is 0 Å². The Kier molecular flexibility index (Phi) is 5.70. The molecule has 0 saturated carbocycles. The number of carbonyl (C=O) groups is 1. The molecule has 0 aliphatic heterocycles. The summed E-state index contributed by atoms with van der Waals surface area (Å²) in [4.78, 5) is 10.1. The molecule has 0 spiro atoms. The minimum atomic E-state index is -1.31. The maximum absolute atomic E-state index is 10.1. The number of rotatable bonds is 5. The van der Waals surface area contributed by atoms with Crippen LogP contribution in [-0.4, -0.2) is 68.5 Å². The Labute approximate surface area is 78.5 Å². The van der Waals surface area contributed by atoms with Gasteiger partial charge in [-0.05, 0) is 0 Å². The molecule has 0 amide bonds. The van der Waals surface area contributed by atoms with Gasteiger partial charge in [0.15, 0.2) is 0 Å². The Morgan fingerprint density at radius 2 is 1.83 bits per heavy atom. The summed E-state index contributed by atoms with van der Waals surface area (Å²) in [6.07, 6.45) is -3.58. The maximum atomic E-state index is 10.1. The average molecular weight is 240 g/mol. The third kappa shape index (κ3) is 3.21. The Bertz CT molecular complexity index is 142. The summed E-state index contributed by atoms with van der Waals surface area (Å²) in [5.74, 6) is 0. The van der Waals surface area contributed by atoms with Crippen LogP contribution in [0, 0.1) is 0 Å². The number of aliphatic hydroxyl groups is 4. The molecule has 6 heteroatoms. The number of hydrogen-bond acceptors (Lipinski definition) is 5. The molecule has 0 saturated heterocycles. The molecule has 1 unspecified atom stereocenters. The molecule has 0 radical (unpaired) electrons. The molecule has 5 atom stereocenters. The van der Waals surface area contributed by atoms with Crippen molar-refractivity contribution in [2.45, 2.75) is 23.0 Å². The molecular formula is C6H13AsO5. The Morgan fingerprint density at radius 3 is 2.17 bits per heavy atom. The fourth-order valence-corrected chi connectivity index (χ4v) is 1.39. The van der Waals surface area contributed by atoms with E-state index < -0.39 is 29.6 Å². The van der Waals surface area contributed by atoms with E-state index >= 15 is 0 Å². The second-order valence-corrected chi connectivity index (χ2v) is 4.06. The van der Waals surface area contributed by atoms with Crippen LogP contribution < -0.4 is 0 Å². The van der Waals surface area contributed by atoms with Crippen molar-refractivity contribution in [3.05, 3.63) is 0 Å². The molecule has 0 aromatic rings. The molecule has 72 valence electrons. The van der Waals surface area contributed by atoms with E-state index in [-0.39, 0.29) is 0 Å². The van der Waals surface area contributed by atoms with Gasteiger partial charge in [-0.3, -0.25) is 0 Å². The first-order valence-electron chi connectivity index (χ1n) is 3.40. The van der Waals surface area contributed by atoms with Gasteiger partial charge in [0.1, 0.15) is 0 Å². The summed E-state index contributed by atoms with van der Waals surface area (Å²) in [6.45, 7) is -0.590. The molecule has 0 bridgehead atoms. The Morgan fingerprint density at radius 1 is 1.33 bits per heavy atom. The van der Waals surface area contributed by atoms with Gasteiger partial charge >= 0.3 is 78.0 Å². The predicted molar refractivity (Wildman–Crippen MR) is 43.5 cm³/mol. The Balaban J connectivity index is 4.07. The zero-order valence-electron chi connectivity index (χ0n) is 6.37. The van der Waals surface area contributed by atoms with E-state index in [0.717, 1.165) is 16.9 Å². The van der Waals surface area contributed by atoms with Crippen LogP contribution in [0.2, 0.25) is 4.71 Å². The minimum absolute atomic E-state index is 0.291. The molecule has 12 heavy (non-hydrogen) atoms. The SMILES string of the molecule is O=C[C@H](O)[C@H]([AsH2])[C@@H](O)[C@H](O)CO. The van der Waals surface area contributed by atoms with E-state index in [1.807, 2.05) is 0 Å². The summed E-state index contributed by atoms with van der Waals surface area (Å²) in [5, 5.41) is 35.5. The van der Waals surface area contributed by atoms with Crippen molar-refractivity contribution < 1.29 is 25.2 Å². The van der Waals surface area contributed by atoms with E-state index in [1.54, 1.807) is 0 Å². The van der Waals surface area contributed by atoms with Gasteiger partial charge < -0.3 is 0 Å².